The SMILES string of the molecule is NC(=O)CC(=O)N1CC2CNCC(C2)C1. The molecule has 2 rings (SSSR count). The third-order valence-corrected chi connectivity index (χ3v) is 3.17. The predicted molar refractivity (Wildman–Crippen MR) is 54.9 cm³/mol. The molecule has 84 valence electrons. The fourth-order valence-electron chi connectivity index (χ4n) is 2.57. The molecule has 2 fully saturated rings. The number of carbonyl (C=O) groups excluding carboxylic acids is 2. The van der Waals surface area contributed by atoms with Crippen molar-refractivity contribution in [2.24, 2.45) is 17.6 Å². The number of fused-ring (bicyclic) bond motifs is 2. The van der Waals surface area contributed by atoms with Crippen LogP contribution < -0.4 is 11.1 Å². The molecule has 2 amide bonds. The first-order valence-electron chi connectivity index (χ1n) is 5.42. The molecule has 0 radical (unpaired) electrons. The van der Waals surface area contributed by atoms with Gasteiger partial charge in [0.2, 0.25) is 11.8 Å². The average Bonchev–Trinajstić information content (AvgIpc) is 2.16. The molecular weight excluding hydrogens is 194 g/mol. The number of piperidine rings is 2. The molecule has 2 heterocycles. The number of hydrogen-bond donors (Lipinski definition) is 2. The predicted octanol–water partition coefficient (Wildman–Crippen LogP) is -1.07. The molecule has 0 aromatic carbocycles. The Bertz CT molecular complexity index is 268. The van der Waals surface area contributed by atoms with E-state index in [1.54, 1.807) is 4.90 Å². The maximum absolute atomic E-state index is 11.6. The summed E-state index contributed by atoms with van der Waals surface area (Å²) in [4.78, 5) is 24.1. The van der Waals surface area contributed by atoms with Crippen molar-refractivity contribution < 1.29 is 9.59 Å². The Balaban J connectivity index is 1.93. The Labute approximate surface area is 89.0 Å². The van der Waals surface area contributed by atoms with E-state index in [0.717, 1.165) is 26.2 Å². The number of carbonyl (C=O) groups is 2. The molecule has 2 aliphatic heterocycles. The molecular formula is C10H17N3O2. The van der Waals surface area contributed by atoms with Crippen molar-refractivity contribution in [3.63, 3.8) is 0 Å². The summed E-state index contributed by atoms with van der Waals surface area (Å²) in [5.74, 6) is 0.455. The van der Waals surface area contributed by atoms with Crippen LogP contribution in [0.15, 0.2) is 0 Å². The molecule has 2 aliphatic rings. The topological polar surface area (TPSA) is 75.4 Å². The van der Waals surface area contributed by atoms with Crippen molar-refractivity contribution in [3.8, 4) is 0 Å². The van der Waals surface area contributed by atoms with Crippen LogP contribution in [0.5, 0.6) is 0 Å². The Kier molecular flexibility index (Phi) is 2.90. The van der Waals surface area contributed by atoms with Crippen LogP contribution >= 0.6 is 0 Å². The zero-order chi connectivity index (χ0) is 10.8. The van der Waals surface area contributed by atoms with Crippen molar-refractivity contribution in [2.75, 3.05) is 26.2 Å². The molecule has 2 unspecified atom stereocenters. The highest BCUT2D eigenvalue weighted by atomic mass is 16.2. The fourth-order valence-corrected chi connectivity index (χ4v) is 2.57. The van der Waals surface area contributed by atoms with Gasteiger partial charge in [-0.3, -0.25) is 9.59 Å². The van der Waals surface area contributed by atoms with Crippen molar-refractivity contribution >= 4 is 11.8 Å². The lowest BCUT2D eigenvalue weighted by atomic mass is 9.86. The molecule has 0 aromatic heterocycles. The molecule has 2 bridgehead atoms. The van der Waals surface area contributed by atoms with E-state index in [0.29, 0.717) is 11.8 Å². The summed E-state index contributed by atoms with van der Waals surface area (Å²) >= 11 is 0. The van der Waals surface area contributed by atoms with E-state index in [9.17, 15) is 9.59 Å². The van der Waals surface area contributed by atoms with E-state index < -0.39 is 5.91 Å². The molecule has 0 aromatic rings. The van der Waals surface area contributed by atoms with Gasteiger partial charge in [-0.05, 0) is 31.3 Å². The first-order valence-corrected chi connectivity index (χ1v) is 5.42. The minimum atomic E-state index is -0.533. The second-order valence-electron chi connectivity index (χ2n) is 4.57. The maximum Gasteiger partial charge on any atom is 0.232 e. The van der Waals surface area contributed by atoms with E-state index in [1.807, 2.05) is 0 Å². The lowest BCUT2D eigenvalue weighted by molar-refractivity contribution is -0.137. The van der Waals surface area contributed by atoms with Crippen LogP contribution in [-0.4, -0.2) is 42.9 Å². The maximum atomic E-state index is 11.6. The van der Waals surface area contributed by atoms with E-state index in [2.05, 4.69) is 5.32 Å². The van der Waals surface area contributed by atoms with Crippen LogP contribution in [0.1, 0.15) is 12.8 Å². The molecule has 0 spiro atoms. The second kappa shape index (κ2) is 4.18. The van der Waals surface area contributed by atoms with E-state index >= 15 is 0 Å². The van der Waals surface area contributed by atoms with Crippen molar-refractivity contribution in [1.82, 2.24) is 10.2 Å². The smallest absolute Gasteiger partial charge is 0.232 e. The zero-order valence-electron chi connectivity index (χ0n) is 8.74. The summed E-state index contributed by atoms with van der Waals surface area (Å²) in [7, 11) is 0. The highest BCUT2D eigenvalue weighted by Crippen LogP contribution is 2.24. The van der Waals surface area contributed by atoms with E-state index in [4.69, 9.17) is 5.73 Å². The third-order valence-electron chi connectivity index (χ3n) is 3.17. The van der Waals surface area contributed by atoms with Gasteiger partial charge < -0.3 is 16.0 Å². The minimum Gasteiger partial charge on any atom is -0.369 e. The van der Waals surface area contributed by atoms with Crippen LogP contribution in [0.25, 0.3) is 0 Å². The summed E-state index contributed by atoms with van der Waals surface area (Å²) in [6.07, 6.45) is 1.06. The van der Waals surface area contributed by atoms with E-state index in [1.165, 1.54) is 6.42 Å². The van der Waals surface area contributed by atoms with Crippen LogP contribution in [-0.2, 0) is 9.59 Å². The highest BCUT2D eigenvalue weighted by molar-refractivity contribution is 5.96. The third kappa shape index (κ3) is 2.47. The van der Waals surface area contributed by atoms with Gasteiger partial charge in [-0.25, -0.2) is 0 Å². The van der Waals surface area contributed by atoms with Gasteiger partial charge in [0.25, 0.3) is 0 Å². The molecule has 0 saturated carbocycles. The molecule has 0 aliphatic carbocycles. The summed E-state index contributed by atoms with van der Waals surface area (Å²) in [6, 6.07) is 0. The Morgan fingerprint density at radius 3 is 2.40 bits per heavy atom. The summed E-state index contributed by atoms with van der Waals surface area (Å²) in [5, 5.41) is 3.36. The Morgan fingerprint density at radius 2 is 1.87 bits per heavy atom. The van der Waals surface area contributed by atoms with Crippen LogP contribution in [0.3, 0.4) is 0 Å². The van der Waals surface area contributed by atoms with Gasteiger partial charge in [0.1, 0.15) is 6.42 Å². The number of nitrogens with one attached hydrogen (secondary N) is 1. The molecule has 5 nitrogen and oxygen atoms in total. The van der Waals surface area contributed by atoms with Gasteiger partial charge in [0, 0.05) is 13.1 Å². The number of likely N-dealkylation sites (tertiary alicyclic amines) is 1. The monoisotopic (exact) mass is 211 g/mol. The number of hydrogen-bond acceptors (Lipinski definition) is 3. The second-order valence-corrected chi connectivity index (χ2v) is 4.57. The summed E-state index contributed by atoms with van der Waals surface area (Å²) < 4.78 is 0. The Morgan fingerprint density at radius 1 is 1.27 bits per heavy atom. The molecule has 15 heavy (non-hydrogen) atoms. The normalized spacial score (nSPS) is 30.0. The van der Waals surface area contributed by atoms with E-state index in [-0.39, 0.29) is 12.3 Å². The number of amides is 2. The molecule has 5 heteroatoms. The molecule has 2 atom stereocenters. The quantitative estimate of drug-likeness (QED) is 0.571. The zero-order valence-corrected chi connectivity index (χ0v) is 8.74. The average molecular weight is 211 g/mol. The van der Waals surface area contributed by atoms with Gasteiger partial charge in [-0.2, -0.15) is 0 Å². The first-order chi connectivity index (χ1) is 7.15. The van der Waals surface area contributed by atoms with Crippen molar-refractivity contribution in [1.29, 1.82) is 0 Å². The largest absolute Gasteiger partial charge is 0.369 e. The number of nitrogens with zero attached hydrogens (tertiary/aromatic N) is 1. The first kappa shape index (κ1) is 10.4. The van der Waals surface area contributed by atoms with Gasteiger partial charge in [-0.15, -0.1) is 0 Å². The molecule has 2 saturated heterocycles. The number of primary amides is 1. The number of nitrogens with two attached hydrogens (primary N) is 1. The summed E-state index contributed by atoms with van der Waals surface area (Å²) in [6.45, 7) is 3.51. The standard InChI is InChI=1S/C10H17N3O2/c11-9(14)2-10(15)13-5-7-1-8(6-13)4-12-3-7/h7-8,12H,1-6H2,(H2,11,14). The van der Waals surface area contributed by atoms with Crippen LogP contribution in [0.4, 0.5) is 0 Å². The summed E-state index contributed by atoms with van der Waals surface area (Å²) in [5.41, 5.74) is 5.02. The minimum absolute atomic E-state index is 0.112. The van der Waals surface area contributed by atoms with Crippen LogP contribution in [0.2, 0.25) is 0 Å². The lowest BCUT2D eigenvalue weighted by Gasteiger charge is -2.41. The number of rotatable bonds is 2. The lowest BCUT2D eigenvalue weighted by Crippen LogP contribution is -2.53. The van der Waals surface area contributed by atoms with Gasteiger partial charge in [0.05, 0.1) is 0 Å². The van der Waals surface area contributed by atoms with Gasteiger partial charge in [-0.1, -0.05) is 0 Å². The highest BCUT2D eigenvalue weighted by Gasteiger charge is 2.32. The molecule has 3 N–H and O–H groups in total. The van der Waals surface area contributed by atoms with Gasteiger partial charge >= 0.3 is 0 Å². The van der Waals surface area contributed by atoms with Crippen LogP contribution in [0, 0.1) is 11.8 Å². The fraction of sp³-hybridized carbons (Fsp3) is 0.800. The van der Waals surface area contributed by atoms with Crippen molar-refractivity contribution in [3.05, 3.63) is 0 Å². The van der Waals surface area contributed by atoms with Gasteiger partial charge in [0.15, 0.2) is 0 Å². The van der Waals surface area contributed by atoms with Crippen molar-refractivity contribution in [2.45, 2.75) is 12.8 Å². The Hall–Kier alpha value is -1.10.